The highest BCUT2D eigenvalue weighted by molar-refractivity contribution is 7.17. The van der Waals surface area contributed by atoms with Gasteiger partial charge in [-0.15, -0.1) is 10.2 Å². The van der Waals surface area contributed by atoms with E-state index < -0.39 is 0 Å². The lowest BCUT2D eigenvalue weighted by Crippen LogP contribution is -1.93. The molecule has 7 nitrogen and oxygen atoms in total. The molecule has 8 heteroatoms. The molecule has 0 atom stereocenters. The second-order valence-electron chi connectivity index (χ2n) is 7.31. The highest BCUT2D eigenvalue weighted by Gasteiger charge is 2.14. The van der Waals surface area contributed by atoms with Crippen molar-refractivity contribution in [2.45, 2.75) is 0 Å². The molecular weight excluding hydrogens is 430 g/mol. The van der Waals surface area contributed by atoms with E-state index >= 15 is 0 Å². The molecule has 0 fully saturated rings. The summed E-state index contributed by atoms with van der Waals surface area (Å²) in [6.45, 7) is 0. The molecule has 0 amide bonds. The van der Waals surface area contributed by atoms with E-state index in [2.05, 4.69) is 27.3 Å². The number of rotatable bonds is 5. The number of hydrogen-bond donors (Lipinski definition) is 0. The van der Waals surface area contributed by atoms with Gasteiger partial charge in [-0.1, -0.05) is 59.9 Å². The first kappa shape index (κ1) is 19.3. The first-order valence-corrected chi connectivity index (χ1v) is 11.2. The fourth-order valence-corrected chi connectivity index (χ4v) is 4.32. The van der Waals surface area contributed by atoms with Crippen molar-refractivity contribution >= 4 is 28.4 Å². The first-order valence-electron chi connectivity index (χ1n) is 10.4. The van der Waals surface area contributed by atoms with Gasteiger partial charge in [-0.2, -0.15) is 14.7 Å². The van der Waals surface area contributed by atoms with Gasteiger partial charge < -0.3 is 0 Å². The number of pyridine rings is 1. The van der Waals surface area contributed by atoms with Crippen LogP contribution in [0.4, 0.5) is 0 Å². The highest BCUT2D eigenvalue weighted by Crippen LogP contribution is 2.27. The summed E-state index contributed by atoms with van der Waals surface area (Å²) in [4.78, 5) is 4.90. The molecule has 2 aromatic carbocycles. The van der Waals surface area contributed by atoms with Crippen molar-refractivity contribution in [2.75, 3.05) is 0 Å². The van der Waals surface area contributed by atoms with E-state index in [0.717, 1.165) is 38.0 Å². The van der Waals surface area contributed by atoms with E-state index in [4.69, 9.17) is 10.2 Å². The summed E-state index contributed by atoms with van der Waals surface area (Å²) in [6.07, 6.45) is 9.57. The average Bonchev–Trinajstić information content (AvgIpc) is 3.59. The number of aromatic nitrogens is 7. The summed E-state index contributed by atoms with van der Waals surface area (Å²) >= 11 is 1.48. The predicted molar refractivity (Wildman–Crippen MR) is 130 cm³/mol. The van der Waals surface area contributed by atoms with Gasteiger partial charge in [0.2, 0.25) is 4.96 Å². The van der Waals surface area contributed by atoms with Crippen molar-refractivity contribution in [3.63, 3.8) is 0 Å². The van der Waals surface area contributed by atoms with Crippen molar-refractivity contribution in [2.24, 2.45) is 0 Å². The van der Waals surface area contributed by atoms with Crippen LogP contribution >= 0.6 is 11.3 Å². The maximum absolute atomic E-state index is 4.86. The maximum atomic E-state index is 4.86. The van der Waals surface area contributed by atoms with Crippen LogP contribution < -0.4 is 0 Å². The molecule has 0 saturated heterocycles. The van der Waals surface area contributed by atoms with Crippen molar-refractivity contribution in [1.29, 1.82) is 0 Å². The van der Waals surface area contributed by atoms with Gasteiger partial charge >= 0.3 is 0 Å². The van der Waals surface area contributed by atoms with Crippen LogP contribution in [0, 0.1) is 0 Å². The Morgan fingerprint density at radius 3 is 2.33 bits per heavy atom. The van der Waals surface area contributed by atoms with Gasteiger partial charge in [-0.3, -0.25) is 4.98 Å². The molecule has 0 aliphatic carbocycles. The standard InChI is InChI=1S/C25H17N7S/c1-3-8-18(9-4-1)23-20(17-31(30-23)21-11-5-2-6-12-21)13-14-22-29-32-24(27-28-25(32)33-22)19-10-7-15-26-16-19/h1-17H. The molecule has 0 aliphatic rings. The van der Waals surface area contributed by atoms with Crippen LogP contribution in [-0.2, 0) is 0 Å². The summed E-state index contributed by atoms with van der Waals surface area (Å²) in [5.74, 6) is 0.677. The Bertz CT molecular complexity index is 1550. The summed E-state index contributed by atoms with van der Waals surface area (Å²) < 4.78 is 3.66. The lowest BCUT2D eigenvalue weighted by Gasteiger charge is -2.00. The van der Waals surface area contributed by atoms with Crippen molar-refractivity contribution in [1.82, 2.24) is 34.6 Å². The lowest BCUT2D eigenvalue weighted by molar-refractivity contribution is 0.884. The molecule has 6 aromatic rings. The van der Waals surface area contributed by atoms with E-state index in [-0.39, 0.29) is 0 Å². The van der Waals surface area contributed by atoms with E-state index in [1.165, 1.54) is 11.3 Å². The summed E-state index contributed by atoms with van der Waals surface area (Å²) in [5.41, 5.74) is 4.86. The Morgan fingerprint density at radius 1 is 0.758 bits per heavy atom. The average molecular weight is 448 g/mol. The van der Waals surface area contributed by atoms with E-state index in [9.17, 15) is 0 Å². The summed E-state index contributed by atoms with van der Waals surface area (Å²) in [7, 11) is 0. The zero-order valence-electron chi connectivity index (χ0n) is 17.4. The van der Waals surface area contributed by atoms with Crippen molar-refractivity contribution < 1.29 is 0 Å². The summed E-state index contributed by atoms with van der Waals surface area (Å²) in [5, 5.41) is 18.9. The molecule has 0 N–H and O–H groups in total. The molecule has 33 heavy (non-hydrogen) atoms. The highest BCUT2D eigenvalue weighted by atomic mass is 32.1. The number of benzene rings is 2. The fourth-order valence-electron chi connectivity index (χ4n) is 3.58. The van der Waals surface area contributed by atoms with Crippen LogP contribution in [0.2, 0.25) is 0 Å². The number of para-hydroxylation sites is 1. The molecule has 4 heterocycles. The topological polar surface area (TPSA) is 73.8 Å². The van der Waals surface area contributed by atoms with Gasteiger partial charge in [0.1, 0.15) is 5.01 Å². The van der Waals surface area contributed by atoms with Crippen LogP contribution in [0.15, 0.2) is 91.4 Å². The minimum Gasteiger partial charge on any atom is -0.264 e. The van der Waals surface area contributed by atoms with E-state index in [1.54, 1.807) is 16.9 Å². The molecule has 4 aromatic heterocycles. The summed E-state index contributed by atoms with van der Waals surface area (Å²) in [6, 6.07) is 24.1. The molecule has 0 unspecified atom stereocenters. The minimum absolute atomic E-state index is 0.677. The minimum atomic E-state index is 0.677. The zero-order valence-corrected chi connectivity index (χ0v) is 18.2. The quantitative estimate of drug-likeness (QED) is 0.360. The number of nitrogens with zero attached hydrogens (tertiary/aromatic N) is 7. The third-order valence-corrected chi connectivity index (χ3v) is 6.01. The molecule has 0 aliphatic heterocycles. The second-order valence-corrected chi connectivity index (χ2v) is 8.30. The van der Waals surface area contributed by atoms with Crippen LogP contribution in [0.25, 0.3) is 45.4 Å². The smallest absolute Gasteiger partial charge is 0.235 e. The zero-order chi connectivity index (χ0) is 22.0. The van der Waals surface area contributed by atoms with Crippen molar-refractivity contribution in [3.05, 3.63) is 102 Å². The largest absolute Gasteiger partial charge is 0.264 e. The van der Waals surface area contributed by atoms with E-state index in [0.29, 0.717) is 5.82 Å². The molecule has 158 valence electrons. The third kappa shape index (κ3) is 3.72. The number of hydrogen-bond acceptors (Lipinski definition) is 6. The first-order chi connectivity index (χ1) is 16.3. The van der Waals surface area contributed by atoms with Gasteiger partial charge in [-0.05, 0) is 36.4 Å². The molecule has 0 saturated carbocycles. The molecule has 0 radical (unpaired) electrons. The predicted octanol–water partition coefficient (Wildman–Crippen LogP) is 5.27. The van der Waals surface area contributed by atoms with Crippen LogP contribution in [0.3, 0.4) is 0 Å². The Labute approximate surface area is 193 Å². The molecule has 0 bridgehead atoms. The molecule has 6 rings (SSSR count). The van der Waals surface area contributed by atoms with Gasteiger partial charge in [0.25, 0.3) is 0 Å². The normalized spacial score (nSPS) is 11.5. The number of fused-ring (bicyclic) bond motifs is 1. The van der Waals surface area contributed by atoms with Crippen molar-refractivity contribution in [3.8, 4) is 28.3 Å². The lowest BCUT2D eigenvalue weighted by atomic mass is 10.1. The Balaban J connectivity index is 1.39. The van der Waals surface area contributed by atoms with Gasteiger partial charge in [0, 0.05) is 35.3 Å². The Kier molecular flexibility index (Phi) is 4.82. The van der Waals surface area contributed by atoms with Crippen LogP contribution in [-0.4, -0.2) is 34.6 Å². The van der Waals surface area contributed by atoms with Gasteiger partial charge in [0.05, 0.1) is 11.4 Å². The fraction of sp³-hybridized carbons (Fsp3) is 0. The van der Waals surface area contributed by atoms with Crippen LogP contribution in [0.1, 0.15) is 10.6 Å². The van der Waals surface area contributed by atoms with Gasteiger partial charge in [-0.25, -0.2) is 4.68 Å². The molecule has 0 spiro atoms. The molecular formula is C25H17N7S. The maximum Gasteiger partial charge on any atom is 0.235 e. The second kappa shape index (κ2) is 8.25. The Morgan fingerprint density at radius 2 is 1.55 bits per heavy atom. The third-order valence-electron chi connectivity index (χ3n) is 5.14. The monoisotopic (exact) mass is 447 g/mol. The SMILES string of the molecule is C(=Cc1cn(-c2ccccc2)nc1-c1ccccc1)c1nn2c(-c3cccnc3)nnc2s1. The van der Waals surface area contributed by atoms with Gasteiger partial charge in [0.15, 0.2) is 5.82 Å². The van der Waals surface area contributed by atoms with E-state index in [1.807, 2.05) is 83.7 Å². The van der Waals surface area contributed by atoms with Crippen LogP contribution in [0.5, 0.6) is 0 Å². The Hall–Kier alpha value is -4.43.